The summed E-state index contributed by atoms with van der Waals surface area (Å²) < 4.78 is 7.20. The van der Waals surface area contributed by atoms with Crippen LogP contribution in [0, 0.1) is 0 Å². The lowest BCUT2D eigenvalue weighted by Gasteiger charge is -2.34. The number of aromatic nitrogens is 3. The highest BCUT2D eigenvalue weighted by Gasteiger charge is 2.32. The zero-order chi connectivity index (χ0) is 14.1. The van der Waals surface area contributed by atoms with Crippen LogP contribution in [0.5, 0.6) is 0 Å². The van der Waals surface area contributed by atoms with Crippen molar-refractivity contribution >= 4 is 5.91 Å². The Labute approximate surface area is 118 Å². The molecular weight excluding hydrogens is 256 g/mol. The van der Waals surface area contributed by atoms with Crippen molar-refractivity contribution in [1.82, 2.24) is 19.7 Å². The molecule has 0 spiro atoms. The van der Waals surface area contributed by atoms with Gasteiger partial charge in [0.2, 0.25) is 5.91 Å². The molecule has 1 amide bonds. The number of allylic oxidation sites excluding steroid dienone is 1. The van der Waals surface area contributed by atoms with Crippen molar-refractivity contribution in [2.45, 2.75) is 45.4 Å². The Morgan fingerprint density at radius 3 is 3.00 bits per heavy atom. The summed E-state index contributed by atoms with van der Waals surface area (Å²) in [4.78, 5) is 14.4. The van der Waals surface area contributed by atoms with Gasteiger partial charge in [0.05, 0.1) is 6.04 Å². The van der Waals surface area contributed by atoms with E-state index in [0.717, 1.165) is 43.0 Å². The molecule has 1 aromatic heterocycles. The van der Waals surface area contributed by atoms with E-state index in [4.69, 9.17) is 4.74 Å². The molecule has 2 heterocycles. The molecule has 1 atom stereocenters. The van der Waals surface area contributed by atoms with E-state index in [1.165, 1.54) is 0 Å². The van der Waals surface area contributed by atoms with Crippen LogP contribution < -0.4 is 0 Å². The van der Waals surface area contributed by atoms with Gasteiger partial charge in [-0.15, -0.1) is 10.2 Å². The van der Waals surface area contributed by atoms with E-state index in [9.17, 15) is 4.79 Å². The third-order valence-electron chi connectivity index (χ3n) is 4.11. The first-order valence-electron chi connectivity index (χ1n) is 7.13. The molecule has 1 unspecified atom stereocenters. The lowest BCUT2D eigenvalue weighted by atomic mass is 10.1. The molecule has 0 radical (unpaired) electrons. The summed E-state index contributed by atoms with van der Waals surface area (Å²) in [6.07, 6.45) is 5.10. The van der Waals surface area contributed by atoms with Crippen molar-refractivity contribution in [2.75, 3.05) is 13.7 Å². The van der Waals surface area contributed by atoms with Gasteiger partial charge in [-0.05, 0) is 26.2 Å². The van der Waals surface area contributed by atoms with E-state index < -0.39 is 0 Å². The molecule has 6 nitrogen and oxygen atoms in total. The van der Waals surface area contributed by atoms with E-state index >= 15 is 0 Å². The van der Waals surface area contributed by atoms with Crippen LogP contribution in [0.25, 0.3) is 0 Å². The lowest BCUT2D eigenvalue weighted by Crippen LogP contribution is -2.42. The third kappa shape index (κ3) is 2.14. The lowest BCUT2D eigenvalue weighted by molar-refractivity contribution is -0.130. The molecule has 1 aliphatic heterocycles. The standard InChI is InChI=1S/C14H20N4O2/c1-10-13-16-15-12(9-20-2)18(13)8-7-17(10)14(19)11-5-3-4-6-11/h5,10H,3-4,6-9H2,1-2H3. The SMILES string of the molecule is COCc1nnc2n1CCN(C(=O)C1=CCCC1)C2C. The van der Waals surface area contributed by atoms with Crippen molar-refractivity contribution in [3.8, 4) is 0 Å². The van der Waals surface area contributed by atoms with Gasteiger partial charge in [0.1, 0.15) is 6.61 Å². The summed E-state index contributed by atoms with van der Waals surface area (Å²) in [5, 5.41) is 8.40. The van der Waals surface area contributed by atoms with Crippen LogP contribution in [-0.2, 0) is 22.7 Å². The van der Waals surface area contributed by atoms with Crippen molar-refractivity contribution in [1.29, 1.82) is 0 Å². The van der Waals surface area contributed by atoms with Crippen LogP contribution in [0.4, 0.5) is 0 Å². The maximum Gasteiger partial charge on any atom is 0.250 e. The Bertz CT molecular complexity index is 549. The first-order valence-corrected chi connectivity index (χ1v) is 7.13. The van der Waals surface area contributed by atoms with Crippen molar-refractivity contribution in [3.05, 3.63) is 23.3 Å². The second kappa shape index (κ2) is 5.36. The van der Waals surface area contributed by atoms with E-state index in [2.05, 4.69) is 20.8 Å². The number of carbonyl (C=O) groups excluding carboxylic acids is 1. The summed E-state index contributed by atoms with van der Waals surface area (Å²) >= 11 is 0. The summed E-state index contributed by atoms with van der Waals surface area (Å²) in [7, 11) is 1.65. The average Bonchev–Trinajstić information content (AvgIpc) is 3.09. The molecule has 0 saturated carbocycles. The Balaban J connectivity index is 1.82. The number of amides is 1. The van der Waals surface area contributed by atoms with Gasteiger partial charge in [0.15, 0.2) is 11.6 Å². The summed E-state index contributed by atoms with van der Waals surface area (Å²) in [5.74, 6) is 1.86. The Kier molecular flexibility index (Phi) is 3.56. The van der Waals surface area contributed by atoms with Crippen LogP contribution in [0.2, 0.25) is 0 Å². The molecule has 0 fully saturated rings. The van der Waals surface area contributed by atoms with Gasteiger partial charge < -0.3 is 14.2 Å². The summed E-state index contributed by atoms with van der Waals surface area (Å²) in [5.41, 5.74) is 0.960. The largest absolute Gasteiger partial charge is 0.377 e. The normalized spacial score (nSPS) is 21.8. The second-order valence-corrected chi connectivity index (χ2v) is 5.36. The molecule has 108 valence electrons. The topological polar surface area (TPSA) is 60.3 Å². The molecule has 3 rings (SSSR count). The summed E-state index contributed by atoms with van der Waals surface area (Å²) in [6, 6.07) is -0.0316. The summed E-state index contributed by atoms with van der Waals surface area (Å²) in [6.45, 7) is 3.92. The molecule has 1 aliphatic carbocycles. The van der Waals surface area contributed by atoms with E-state index in [-0.39, 0.29) is 11.9 Å². The van der Waals surface area contributed by atoms with E-state index in [0.29, 0.717) is 13.2 Å². The maximum absolute atomic E-state index is 12.5. The predicted molar refractivity (Wildman–Crippen MR) is 72.8 cm³/mol. The first-order chi connectivity index (χ1) is 9.72. The first kappa shape index (κ1) is 13.3. The highest BCUT2D eigenvalue weighted by molar-refractivity contribution is 5.94. The highest BCUT2D eigenvalue weighted by atomic mass is 16.5. The minimum absolute atomic E-state index is 0.0316. The molecule has 6 heteroatoms. The monoisotopic (exact) mass is 276 g/mol. The fraction of sp³-hybridized carbons (Fsp3) is 0.643. The molecule has 0 saturated heterocycles. The van der Waals surface area contributed by atoms with Crippen LogP contribution in [0.15, 0.2) is 11.6 Å². The number of hydrogen-bond acceptors (Lipinski definition) is 4. The molecule has 0 aromatic carbocycles. The number of fused-ring (bicyclic) bond motifs is 1. The number of rotatable bonds is 3. The van der Waals surface area contributed by atoms with Crippen molar-refractivity contribution in [3.63, 3.8) is 0 Å². The molecule has 0 N–H and O–H groups in total. The Morgan fingerprint density at radius 2 is 2.30 bits per heavy atom. The van der Waals surface area contributed by atoms with Crippen molar-refractivity contribution < 1.29 is 9.53 Å². The van der Waals surface area contributed by atoms with Gasteiger partial charge in [-0.2, -0.15) is 0 Å². The number of methoxy groups -OCH3 is 1. The molecule has 20 heavy (non-hydrogen) atoms. The fourth-order valence-electron chi connectivity index (χ4n) is 3.01. The molecular formula is C14H20N4O2. The fourth-order valence-corrected chi connectivity index (χ4v) is 3.01. The molecule has 2 aliphatic rings. The highest BCUT2D eigenvalue weighted by Crippen LogP contribution is 2.28. The number of hydrogen-bond donors (Lipinski definition) is 0. The minimum atomic E-state index is -0.0316. The quantitative estimate of drug-likeness (QED) is 0.838. The minimum Gasteiger partial charge on any atom is -0.377 e. The van der Waals surface area contributed by atoms with Crippen molar-refractivity contribution in [2.24, 2.45) is 0 Å². The van der Waals surface area contributed by atoms with E-state index in [1.54, 1.807) is 7.11 Å². The number of carbonyl (C=O) groups is 1. The Morgan fingerprint density at radius 1 is 1.45 bits per heavy atom. The second-order valence-electron chi connectivity index (χ2n) is 5.36. The molecule has 0 bridgehead atoms. The van der Waals surface area contributed by atoms with Gasteiger partial charge in [-0.3, -0.25) is 4.79 Å². The maximum atomic E-state index is 12.5. The van der Waals surface area contributed by atoms with Crippen LogP contribution in [-0.4, -0.2) is 39.2 Å². The van der Waals surface area contributed by atoms with Crippen LogP contribution in [0.1, 0.15) is 43.9 Å². The van der Waals surface area contributed by atoms with Gasteiger partial charge in [-0.1, -0.05) is 6.08 Å². The Hall–Kier alpha value is -1.69. The van der Waals surface area contributed by atoms with Gasteiger partial charge in [0.25, 0.3) is 0 Å². The van der Waals surface area contributed by atoms with Crippen LogP contribution in [0.3, 0.4) is 0 Å². The van der Waals surface area contributed by atoms with Gasteiger partial charge in [-0.25, -0.2) is 0 Å². The molecule has 1 aromatic rings. The predicted octanol–water partition coefficient (Wildman–Crippen LogP) is 1.44. The van der Waals surface area contributed by atoms with Gasteiger partial charge >= 0.3 is 0 Å². The van der Waals surface area contributed by atoms with E-state index in [1.807, 2.05) is 11.8 Å². The van der Waals surface area contributed by atoms with Gasteiger partial charge in [0, 0.05) is 25.8 Å². The third-order valence-corrected chi connectivity index (χ3v) is 4.11. The van der Waals surface area contributed by atoms with Crippen LogP contribution >= 0.6 is 0 Å². The zero-order valence-corrected chi connectivity index (χ0v) is 12.0. The average molecular weight is 276 g/mol. The number of ether oxygens (including phenoxy) is 1. The zero-order valence-electron chi connectivity index (χ0n) is 12.0. The number of nitrogens with zero attached hydrogens (tertiary/aromatic N) is 4. The smallest absolute Gasteiger partial charge is 0.250 e.